The first-order valence-electron chi connectivity index (χ1n) is 4.64. The first-order chi connectivity index (χ1) is 6.63. The fourth-order valence-corrected chi connectivity index (χ4v) is 2.19. The highest BCUT2D eigenvalue weighted by Gasteiger charge is 2.02. The highest BCUT2D eigenvalue weighted by Crippen LogP contribution is 2.26. The van der Waals surface area contributed by atoms with E-state index in [0.29, 0.717) is 0 Å². The van der Waals surface area contributed by atoms with Crippen LogP contribution in [0.25, 0.3) is 0 Å². The maximum absolute atomic E-state index is 5.65. The van der Waals surface area contributed by atoms with Gasteiger partial charge in [0.25, 0.3) is 0 Å². The molecule has 0 N–H and O–H groups in total. The van der Waals surface area contributed by atoms with Crippen molar-refractivity contribution in [2.24, 2.45) is 0 Å². The number of thiol groups is 1. The predicted molar refractivity (Wildman–Crippen MR) is 66.7 cm³/mol. The Kier molecular flexibility index (Phi) is 4.69. The van der Waals surface area contributed by atoms with Gasteiger partial charge in [-0.15, -0.1) is 11.8 Å². The molecule has 0 unspecified atom stereocenters. The third-order valence-electron chi connectivity index (χ3n) is 1.74. The van der Waals surface area contributed by atoms with Gasteiger partial charge in [0.1, 0.15) is 5.75 Å². The van der Waals surface area contributed by atoms with Gasteiger partial charge in [0, 0.05) is 9.98 Å². The standard InChI is InChI=1S/C11H16OS2/c1-8(2)12-11-5-4-10(14-7-13)6-9(11)3/h4-6,8,13H,7H2,1-3H3. The quantitative estimate of drug-likeness (QED) is 0.477. The van der Waals surface area contributed by atoms with Gasteiger partial charge in [-0.3, -0.25) is 0 Å². The van der Waals surface area contributed by atoms with Crippen molar-refractivity contribution in [2.45, 2.75) is 31.8 Å². The number of hydrogen-bond acceptors (Lipinski definition) is 3. The molecule has 1 nitrogen and oxygen atoms in total. The second kappa shape index (κ2) is 5.56. The maximum atomic E-state index is 5.65. The van der Waals surface area contributed by atoms with Crippen molar-refractivity contribution in [3.05, 3.63) is 23.8 Å². The highest BCUT2D eigenvalue weighted by atomic mass is 32.2. The molecule has 1 aromatic carbocycles. The minimum atomic E-state index is 0.233. The van der Waals surface area contributed by atoms with Crippen molar-refractivity contribution in [1.82, 2.24) is 0 Å². The van der Waals surface area contributed by atoms with Crippen LogP contribution >= 0.6 is 24.4 Å². The molecule has 1 aromatic rings. The lowest BCUT2D eigenvalue weighted by molar-refractivity contribution is 0.240. The SMILES string of the molecule is Cc1cc(SCS)ccc1OC(C)C. The summed E-state index contributed by atoms with van der Waals surface area (Å²) in [5.41, 5.74) is 1.19. The van der Waals surface area contributed by atoms with Crippen LogP contribution in [0.5, 0.6) is 5.75 Å². The summed E-state index contributed by atoms with van der Waals surface area (Å²) < 4.78 is 5.65. The van der Waals surface area contributed by atoms with Crippen LogP contribution in [0.3, 0.4) is 0 Å². The van der Waals surface area contributed by atoms with E-state index in [0.717, 1.165) is 10.8 Å². The van der Waals surface area contributed by atoms with Crippen molar-refractivity contribution in [3.63, 3.8) is 0 Å². The Morgan fingerprint density at radius 1 is 1.43 bits per heavy atom. The molecular formula is C11H16OS2. The number of rotatable bonds is 4. The fourth-order valence-electron chi connectivity index (χ4n) is 1.17. The summed E-state index contributed by atoms with van der Waals surface area (Å²) in [6.45, 7) is 6.14. The minimum Gasteiger partial charge on any atom is -0.491 e. The summed E-state index contributed by atoms with van der Waals surface area (Å²) in [5.74, 6) is 0.975. The third kappa shape index (κ3) is 3.46. The van der Waals surface area contributed by atoms with E-state index >= 15 is 0 Å². The van der Waals surface area contributed by atoms with E-state index in [1.54, 1.807) is 11.8 Å². The highest BCUT2D eigenvalue weighted by molar-refractivity contribution is 8.09. The lowest BCUT2D eigenvalue weighted by Crippen LogP contribution is -2.06. The van der Waals surface area contributed by atoms with Gasteiger partial charge in [0.05, 0.1) is 6.10 Å². The molecule has 0 spiro atoms. The average Bonchev–Trinajstić information content (AvgIpc) is 2.10. The molecule has 0 radical (unpaired) electrons. The molecule has 0 fully saturated rings. The molecule has 14 heavy (non-hydrogen) atoms. The van der Waals surface area contributed by atoms with Crippen LogP contribution in [0.2, 0.25) is 0 Å². The van der Waals surface area contributed by atoms with Crippen molar-refractivity contribution >= 4 is 24.4 Å². The van der Waals surface area contributed by atoms with E-state index < -0.39 is 0 Å². The Morgan fingerprint density at radius 3 is 2.64 bits per heavy atom. The van der Waals surface area contributed by atoms with Gasteiger partial charge in [-0.1, -0.05) is 0 Å². The van der Waals surface area contributed by atoms with Gasteiger partial charge < -0.3 is 4.74 Å². The number of thioether (sulfide) groups is 1. The Morgan fingerprint density at radius 2 is 2.14 bits per heavy atom. The normalized spacial score (nSPS) is 10.6. The second-order valence-corrected chi connectivity index (χ2v) is 5.16. The van der Waals surface area contributed by atoms with Gasteiger partial charge in [0.15, 0.2) is 0 Å². The Balaban J connectivity index is 2.79. The van der Waals surface area contributed by atoms with Crippen LogP contribution in [-0.2, 0) is 0 Å². The molecular weight excluding hydrogens is 212 g/mol. The minimum absolute atomic E-state index is 0.233. The molecule has 0 amide bonds. The van der Waals surface area contributed by atoms with Crippen LogP contribution in [0.15, 0.2) is 23.1 Å². The molecule has 0 bridgehead atoms. The smallest absolute Gasteiger partial charge is 0.122 e. The second-order valence-electron chi connectivity index (χ2n) is 3.37. The van der Waals surface area contributed by atoms with E-state index in [1.807, 2.05) is 19.9 Å². The fraction of sp³-hybridized carbons (Fsp3) is 0.455. The number of hydrogen-bond donors (Lipinski definition) is 1. The number of aryl methyl sites for hydroxylation is 1. The van der Waals surface area contributed by atoms with Gasteiger partial charge in [0.2, 0.25) is 0 Å². The first-order valence-corrected chi connectivity index (χ1v) is 6.26. The van der Waals surface area contributed by atoms with Crippen molar-refractivity contribution in [2.75, 3.05) is 5.08 Å². The first kappa shape index (κ1) is 11.8. The lowest BCUT2D eigenvalue weighted by atomic mass is 10.2. The monoisotopic (exact) mass is 228 g/mol. The molecule has 0 saturated carbocycles. The number of ether oxygens (including phenoxy) is 1. The summed E-state index contributed by atoms with van der Waals surface area (Å²) in [6, 6.07) is 6.24. The van der Waals surface area contributed by atoms with E-state index in [1.165, 1.54) is 10.5 Å². The Labute approximate surface area is 95.6 Å². The zero-order chi connectivity index (χ0) is 10.6. The van der Waals surface area contributed by atoms with Gasteiger partial charge >= 0.3 is 0 Å². The van der Waals surface area contributed by atoms with Crippen LogP contribution in [0, 0.1) is 6.92 Å². The molecule has 1 rings (SSSR count). The molecule has 0 aromatic heterocycles. The van der Waals surface area contributed by atoms with Crippen LogP contribution < -0.4 is 4.74 Å². The van der Waals surface area contributed by atoms with Crippen LogP contribution in [0.1, 0.15) is 19.4 Å². The van der Waals surface area contributed by atoms with E-state index in [2.05, 4.69) is 31.7 Å². The third-order valence-corrected chi connectivity index (χ3v) is 2.84. The van der Waals surface area contributed by atoms with Crippen LogP contribution in [-0.4, -0.2) is 11.2 Å². The van der Waals surface area contributed by atoms with Gasteiger partial charge in [-0.25, -0.2) is 0 Å². The Bertz CT molecular complexity index is 297. The summed E-state index contributed by atoms with van der Waals surface area (Å²) in [4.78, 5) is 1.24. The molecule has 0 aliphatic heterocycles. The van der Waals surface area contributed by atoms with Gasteiger partial charge in [-0.2, -0.15) is 12.6 Å². The average molecular weight is 228 g/mol. The summed E-state index contributed by atoms with van der Waals surface area (Å²) in [6.07, 6.45) is 0.233. The zero-order valence-corrected chi connectivity index (χ0v) is 10.5. The maximum Gasteiger partial charge on any atom is 0.122 e. The lowest BCUT2D eigenvalue weighted by Gasteiger charge is -2.12. The van der Waals surface area contributed by atoms with E-state index in [-0.39, 0.29) is 6.10 Å². The molecule has 0 aliphatic rings. The number of benzene rings is 1. The van der Waals surface area contributed by atoms with Crippen molar-refractivity contribution < 1.29 is 4.74 Å². The molecule has 0 atom stereocenters. The molecule has 3 heteroatoms. The van der Waals surface area contributed by atoms with Gasteiger partial charge in [-0.05, 0) is 44.5 Å². The van der Waals surface area contributed by atoms with Crippen molar-refractivity contribution in [1.29, 1.82) is 0 Å². The summed E-state index contributed by atoms with van der Waals surface area (Å²) in [7, 11) is 0. The summed E-state index contributed by atoms with van der Waals surface area (Å²) >= 11 is 5.91. The molecule has 0 aliphatic carbocycles. The summed E-state index contributed by atoms with van der Waals surface area (Å²) in [5, 5.41) is 0.809. The zero-order valence-electron chi connectivity index (χ0n) is 8.78. The largest absolute Gasteiger partial charge is 0.491 e. The van der Waals surface area contributed by atoms with Crippen LogP contribution in [0.4, 0.5) is 0 Å². The molecule has 0 heterocycles. The van der Waals surface area contributed by atoms with E-state index in [9.17, 15) is 0 Å². The molecule has 78 valence electrons. The topological polar surface area (TPSA) is 9.23 Å². The van der Waals surface area contributed by atoms with E-state index in [4.69, 9.17) is 4.74 Å². The Hall–Kier alpha value is -0.280. The predicted octanol–water partition coefficient (Wildman–Crippen LogP) is 3.76. The van der Waals surface area contributed by atoms with Crippen molar-refractivity contribution in [3.8, 4) is 5.75 Å². The molecule has 0 saturated heterocycles.